The Bertz CT molecular complexity index is 1680. The van der Waals surface area contributed by atoms with E-state index >= 15 is 0 Å². The van der Waals surface area contributed by atoms with Crippen LogP contribution in [-0.2, 0) is 13.6 Å². The minimum atomic E-state index is -0.239. The van der Waals surface area contributed by atoms with Crippen molar-refractivity contribution in [2.75, 3.05) is 19.0 Å². The van der Waals surface area contributed by atoms with Crippen LogP contribution in [0, 0.1) is 0 Å². The molecule has 0 spiro atoms. The summed E-state index contributed by atoms with van der Waals surface area (Å²) in [6.45, 7) is 1.46. The van der Waals surface area contributed by atoms with Gasteiger partial charge in [-0.2, -0.15) is 0 Å². The lowest BCUT2D eigenvalue weighted by atomic mass is 10.0. The first kappa shape index (κ1) is 19.4. The lowest BCUT2D eigenvalue weighted by molar-refractivity contribution is -0.671. The van der Waals surface area contributed by atoms with Crippen LogP contribution in [0.15, 0.2) is 66.0 Å². The monoisotopic (exact) mass is 440 g/mol. The summed E-state index contributed by atoms with van der Waals surface area (Å²) in [4.78, 5) is 16.5. The Morgan fingerprint density at radius 3 is 2.76 bits per heavy atom. The van der Waals surface area contributed by atoms with E-state index in [0.717, 1.165) is 40.0 Å². The number of rotatable bonds is 6. The first-order valence-electron chi connectivity index (χ1n) is 10.7. The third kappa shape index (κ3) is 2.87. The van der Waals surface area contributed by atoms with E-state index in [9.17, 15) is 9.90 Å². The Labute approximate surface area is 188 Å². The van der Waals surface area contributed by atoms with Crippen LogP contribution < -0.4 is 20.2 Å². The molecule has 3 aromatic carbocycles. The third-order valence-electron chi connectivity index (χ3n) is 6.22. The molecule has 0 saturated heterocycles. The molecule has 8 nitrogen and oxygen atoms in total. The van der Waals surface area contributed by atoms with Crippen molar-refractivity contribution in [3.63, 3.8) is 0 Å². The molecule has 6 aromatic rings. The zero-order valence-corrected chi connectivity index (χ0v) is 18.2. The first-order chi connectivity index (χ1) is 16.0. The second kappa shape index (κ2) is 7.09. The van der Waals surface area contributed by atoms with Gasteiger partial charge in [0.1, 0.15) is 24.7 Å². The van der Waals surface area contributed by atoms with Crippen molar-refractivity contribution in [2.45, 2.75) is 6.54 Å². The molecule has 0 unspecified atom stereocenters. The molecule has 2 N–H and O–H groups in total. The van der Waals surface area contributed by atoms with Gasteiger partial charge in [0.15, 0.2) is 0 Å². The SMILES string of the molecule is COc1ccc(-n2c(O)c3ccc4c(=O)nc5ccc2c3c54)c(NCCn2cc[n+](C)c2)c1. The summed E-state index contributed by atoms with van der Waals surface area (Å²) in [5, 5.41) is 17.7. The number of ether oxygens (including phenoxy) is 1. The van der Waals surface area contributed by atoms with Crippen LogP contribution >= 0.6 is 0 Å². The lowest BCUT2D eigenvalue weighted by Crippen LogP contribution is -2.24. The molecule has 8 heteroatoms. The summed E-state index contributed by atoms with van der Waals surface area (Å²) >= 11 is 0. The minimum absolute atomic E-state index is 0.124. The van der Waals surface area contributed by atoms with Crippen molar-refractivity contribution < 1.29 is 14.4 Å². The molecule has 0 amide bonds. The normalized spacial score (nSPS) is 11.8. The highest BCUT2D eigenvalue weighted by Gasteiger charge is 2.22. The fourth-order valence-electron chi connectivity index (χ4n) is 4.68. The number of aromatic hydroxyl groups is 1. The molecule has 164 valence electrons. The van der Waals surface area contributed by atoms with Crippen LogP contribution in [0.25, 0.3) is 38.3 Å². The molecule has 6 rings (SSSR count). The van der Waals surface area contributed by atoms with Gasteiger partial charge < -0.3 is 15.2 Å². The molecular formula is C25H22N5O3+. The summed E-state index contributed by atoms with van der Waals surface area (Å²) in [5.41, 5.74) is 2.85. The van der Waals surface area contributed by atoms with Gasteiger partial charge in [-0.25, -0.2) is 14.1 Å². The highest BCUT2D eigenvalue weighted by molar-refractivity contribution is 6.24. The van der Waals surface area contributed by atoms with Crippen molar-refractivity contribution in [1.82, 2.24) is 14.1 Å². The maximum atomic E-state index is 12.3. The largest absolute Gasteiger partial charge is 0.497 e. The maximum absolute atomic E-state index is 12.3. The smallest absolute Gasteiger partial charge is 0.278 e. The second-order valence-electron chi connectivity index (χ2n) is 8.22. The van der Waals surface area contributed by atoms with E-state index in [1.165, 1.54) is 0 Å². The number of methoxy groups -OCH3 is 1. The Hall–Kier alpha value is -4.33. The quantitative estimate of drug-likeness (QED) is 0.389. The van der Waals surface area contributed by atoms with Crippen LogP contribution in [-0.4, -0.2) is 32.9 Å². The van der Waals surface area contributed by atoms with E-state index in [0.29, 0.717) is 22.8 Å². The average Bonchev–Trinajstić information content (AvgIpc) is 3.47. The number of benzene rings is 3. The van der Waals surface area contributed by atoms with E-state index < -0.39 is 0 Å². The minimum Gasteiger partial charge on any atom is -0.497 e. The molecule has 0 saturated carbocycles. The molecule has 0 atom stereocenters. The van der Waals surface area contributed by atoms with Crippen LogP contribution in [0.1, 0.15) is 0 Å². The first-order valence-corrected chi connectivity index (χ1v) is 10.7. The summed E-state index contributed by atoms with van der Waals surface area (Å²) < 4.78 is 11.4. The van der Waals surface area contributed by atoms with Gasteiger partial charge >= 0.3 is 0 Å². The molecule has 0 radical (unpaired) electrons. The molecule has 0 aliphatic rings. The van der Waals surface area contributed by atoms with E-state index in [1.807, 2.05) is 65.2 Å². The highest BCUT2D eigenvalue weighted by Crippen LogP contribution is 2.43. The summed E-state index contributed by atoms with van der Waals surface area (Å²) in [5.74, 6) is 0.841. The fraction of sp³-hybridized carbons (Fsp3) is 0.160. The van der Waals surface area contributed by atoms with Crippen LogP contribution in [0.2, 0.25) is 0 Å². The van der Waals surface area contributed by atoms with E-state index in [1.54, 1.807) is 19.2 Å². The molecule has 3 aromatic heterocycles. The van der Waals surface area contributed by atoms with Gasteiger partial charge in [-0.15, -0.1) is 0 Å². The Morgan fingerprint density at radius 1 is 1.12 bits per heavy atom. The number of aryl methyl sites for hydroxylation is 1. The standard InChI is InChI=1S/C25H21N5O3/c1-28-11-12-29(14-28)10-9-26-19-13-15(33-2)3-7-20(19)30-21-8-6-18-22-16(24(31)27-18)4-5-17(23(21)22)25(30)32/h3-8,11-14,26H,9-10H2,1-2H3/p+1. The molecule has 0 fully saturated rings. The molecule has 33 heavy (non-hydrogen) atoms. The van der Waals surface area contributed by atoms with Gasteiger partial charge in [0.05, 0.1) is 48.5 Å². The average molecular weight is 440 g/mol. The number of anilines is 1. The van der Waals surface area contributed by atoms with Crippen molar-refractivity contribution in [3.05, 3.63) is 71.5 Å². The van der Waals surface area contributed by atoms with Crippen LogP contribution in [0.3, 0.4) is 0 Å². The Morgan fingerprint density at radius 2 is 1.97 bits per heavy atom. The van der Waals surface area contributed by atoms with Gasteiger partial charge in [-0.1, -0.05) is 0 Å². The van der Waals surface area contributed by atoms with Gasteiger partial charge in [-0.3, -0.25) is 9.36 Å². The summed E-state index contributed by atoms with van der Waals surface area (Å²) in [6.07, 6.45) is 6.04. The van der Waals surface area contributed by atoms with E-state index in [-0.39, 0.29) is 11.4 Å². The van der Waals surface area contributed by atoms with Crippen molar-refractivity contribution in [1.29, 1.82) is 0 Å². The number of hydrogen-bond acceptors (Lipinski definition) is 5. The lowest BCUT2D eigenvalue weighted by Gasteiger charge is -2.16. The zero-order valence-electron chi connectivity index (χ0n) is 18.2. The summed E-state index contributed by atoms with van der Waals surface area (Å²) in [7, 11) is 3.62. The van der Waals surface area contributed by atoms with E-state index in [2.05, 4.69) is 14.9 Å². The predicted molar refractivity (Wildman–Crippen MR) is 127 cm³/mol. The second-order valence-corrected chi connectivity index (χ2v) is 8.22. The molecule has 3 heterocycles. The van der Waals surface area contributed by atoms with Crippen LogP contribution in [0.5, 0.6) is 11.6 Å². The molecule has 0 bridgehead atoms. The maximum Gasteiger partial charge on any atom is 0.278 e. The molecule has 0 aliphatic heterocycles. The van der Waals surface area contributed by atoms with Gasteiger partial charge in [0.2, 0.25) is 12.2 Å². The molecular weight excluding hydrogens is 418 g/mol. The number of nitrogens with one attached hydrogen (secondary N) is 1. The number of nitrogens with zero attached hydrogens (tertiary/aromatic N) is 4. The van der Waals surface area contributed by atoms with Gasteiger partial charge in [0, 0.05) is 22.2 Å². The Balaban J connectivity index is 1.50. The Kier molecular flexibility index (Phi) is 4.16. The van der Waals surface area contributed by atoms with Crippen molar-refractivity contribution >= 4 is 38.3 Å². The molecule has 0 aliphatic carbocycles. The fourth-order valence-corrected chi connectivity index (χ4v) is 4.68. The van der Waals surface area contributed by atoms with Gasteiger partial charge in [0.25, 0.3) is 5.56 Å². The number of imidazole rings is 1. The highest BCUT2D eigenvalue weighted by atomic mass is 16.5. The summed E-state index contributed by atoms with van der Waals surface area (Å²) in [6, 6.07) is 13.0. The van der Waals surface area contributed by atoms with Crippen LogP contribution in [0.4, 0.5) is 5.69 Å². The van der Waals surface area contributed by atoms with Gasteiger partial charge in [-0.05, 0) is 36.4 Å². The number of aromatic nitrogens is 4. The zero-order chi connectivity index (χ0) is 22.7. The van der Waals surface area contributed by atoms with E-state index in [4.69, 9.17) is 4.74 Å². The third-order valence-corrected chi connectivity index (χ3v) is 6.22. The predicted octanol–water partition coefficient (Wildman–Crippen LogP) is 3.02. The van der Waals surface area contributed by atoms with Crippen molar-refractivity contribution in [3.8, 4) is 17.3 Å². The topological polar surface area (TPSA) is 85.2 Å². The number of hydrogen-bond donors (Lipinski definition) is 2. The van der Waals surface area contributed by atoms with Crippen molar-refractivity contribution in [2.24, 2.45) is 7.05 Å².